The second-order valence-electron chi connectivity index (χ2n) is 8.24. The number of likely N-dealkylation sites (tertiary alicyclic amines) is 1. The number of rotatable bonds is 5. The predicted molar refractivity (Wildman–Crippen MR) is 123 cm³/mol. The van der Waals surface area contributed by atoms with E-state index in [4.69, 9.17) is 10.00 Å². The van der Waals surface area contributed by atoms with Crippen LogP contribution in [0.15, 0.2) is 18.3 Å². The Bertz CT molecular complexity index is 1430. The zero-order valence-corrected chi connectivity index (χ0v) is 19.8. The van der Waals surface area contributed by atoms with Crippen molar-refractivity contribution < 1.29 is 4.74 Å². The van der Waals surface area contributed by atoms with Crippen LogP contribution in [0.2, 0.25) is 0 Å². The standard InChI is InChI=1S/C22H22N10OS/c1-13-21(27-29-32(13)17-4-6-30(12-24)7-5-17)16-8-19-25-11-18(10-23)31(19)20(9-16)33-14(2)22-28-26-15(3)34-22/h8-9,11,14,17H,4-7H2,1-3H3. The first-order valence-corrected chi connectivity index (χ1v) is 11.7. The summed E-state index contributed by atoms with van der Waals surface area (Å²) in [5, 5.41) is 37.5. The summed E-state index contributed by atoms with van der Waals surface area (Å²) in [7, 11) is 0. The first-order chi connectivity index (χ1) is 16.5. The van der Waals surface area contributed by atoms with Gasteiger partial charge in [0.05, 0.1) is 17.9 Å². The number of aromatic nitrogens is 7. The van der Waals surface area contributed by atoms with Gasteiger partial charge in [-0.2, -0.15) is 10.5 Å². The highest BCUT2D eigenvalue weighted by molar-refractivity contribution is 7.11. The fourth-order valence-corrected chi connectivity index (χ4v) is 4.93. The molecular formula is C22H22N10OS. The third-order valence-electron chi connectivity index (χ3n) is 6.03. The molecule has 34 heavy (non-hydrogen) atoms. The maximum atomic E-state index is 9.58. The van der Waals surface area contributed by atoms with Gasteiger partial charge < -0.3 is 9.64 Å². The second kappa shape index (κ2) is 8.72. The molecule has 0 N–H and O–H groups in total. The Labute approximate surface area is 199 Å². The molecule has 1 aliphatic heterocycles. The van der Waals surface area contributed by atoms with Crippen molar-refractivity contribution >= 4 is 17.0 Å². The summed E-state index contributed by atoms with van der Waals surface area (Å²) in [6, 6.07) is 6.11. The number of nitrogens with zero attached hydrogens (tertiary/aromatic N) is 10. The lowest BCUT2D eigenvalue weighted by Gasteiger charge is -2.28. The highest BCUT2D eigenvalue weighted by Gasteiger charge is 2.25. The number of aryl methyl sites for hydroxylation is 1. The minimum Gasteiger partial charge on any atom is -0.468 e. The number of hydrogen-bond acceptors (Lipinski definition) is 10. The average Bonchev–Trinajstić information content (AvgIpc) is 3.57. The molecule has 0 radical (unpaired) electrons. The monoisotopic (exact) mass is 474 g/mol. The first kappa shape index (κ1) is 21.8. The van der Waals surface area contributed by atoms with E-state index in [-0.39, 0.29) is 12.1 Å². The van der Waals surface area contributed by atoms with Gasteiger partial charge in [-0.25, -0.2) is 9.67 Å². The molecule has 4 aromatic rings. The molecule has 11 nitrogen and oxygen atoms in total. The lowest BCUT2D eigenvalue weighted by Crippen LogP contribution is -2.31. The molecule has 1 fully saturated rings. The molecule has 4 aromatic heterocycles. The molecule has 0 spiro atoms. The van der Waals surface area contributed by atoms with Gasteiger partial charge in [0.1, 0.15) is 28.1 Å². The van der Waals surface area contributed by atoms with Crippen LogP contribution in [-0.2, 0) is 0 Å². The minimum atomic E-state index is -0.360. The van der Waals surface area contributed by atoms with Crippen LogP contribution in [0.5, 0.6) is 5.88 Å². The van der Waals surface area contributed by atoms with Crippen LogP contribution in [0.1, 0.15) is 53.3 Å². The van der Waals surface area contributed by atoms with E-state index in [0.717, 1.165) is 39.8 Å². The van der Waals surface area contributed by atoms with Crippen LogP contribution in [0.25, 0.3) is 16.9 Å². The largest absolute Gasteiger partial charge is 0.468 e. The summed E-state index contributed by atoms with van der Waals surface area (Å²) in [6.45, 7) is 7.22. The van der Waals surface area contributed by atoms with Crippen LogP contribution < -0.4 is 4.74 Å². The molecule has 1 aliphatic rings. The van der Waals surface area contributed by atoms with Crippen LogP contribution in [0.3, 0.4) is 0 Å². The van der Waals surface area contributed by atoms with E-state index in [1.807, 2.05) is 37.6 Å². The number of imidazole rings is 1. The van der Waals surface area contributed by atoms with Gasteiger partial charge in [0.25, 0.3) is 0 Å². The summed E-state index contributed by atoms with van der Waals surface area (Å²) < 4.78 is 9.90. The Morgan fingerprint density at radius 1 is 1.15 bits per heavy atom. The Morgan fingerprint density at radius 3 is 2.62 bits per heavy atom. The number of piperidine rings is 1. The Kier molecular flexibility index (Phi) is 5.59. The van der Waals surface area contributed by atoms with Crippen LogP contribution in [0, 0.1) is 36.6 Å². The molecule has 0 saturated carbocycles. The van der Waals surface area contributed by atoms with Crippen molar-refractivity contribution in [1.82, 2.24) is 39.5 Å². The van der Waals surface area contributed by atoms with Crippen LogP contribution >= 0.6 is 11.3 Å². The predicted octanol–water partition coefficient (Wildman–Crippen LogP) is 3.19. The van der Waals surface area contributed by atoms with Crippen LogP contribution in [-0.4, -0.2) is 52.6 Å². The number of nitriles is 2. The summed E-state index contributed by atoms with van der Waals surface area (Å²) >= 11 is 1.47. The molecule has 5 rings (SSSR count). The minimum absolute atomic E-state index is 0.197. The first-order valence-electron chi connectivity index (χ1n) is 10.9. The maximum absolute atomic E-state index is 9.58. The summed E-state index contributed by atoms with van der Waals surface area (Å²) in [5.74, 6) is 0.471. The molecule has 0 bridgehead atoms. The lowest BCUT2D eigenvalue weighted by molar-refractivity contribution is 0.213. The van der Waals surface area contributed by atoms with Gasteiger partial charge >= 0.3 is 0 Å². The normalized spacial score (nSPS) is 15.3. The molecular weight excluding hydrogens is 452 g/mol. The zero-order valence-electron chi connectivity index (χ0n) is 19.0. The highest BCUT2D eigenvalue weighted by Crippen LogP contribution is 2.33. The lowest BCUT2D eigenvalue weighted by atomic mass is 10.0. The number of hydrogen-bond donors (Lipinski definition) is 0. The topological polar surface area (TPSA) is 134 Å². The van der Waals surface area contributed by atoms with Crippen molar-refractivity contribution in [2.45, 2.75) is 45.8 Å². The van der Waals surface area contributed by atoms with Crippen molar-refractivity contribution in [3.05, 3.63) is 39.7 Å². The summed E-state index contributed by atoms with van der Waals surface area (Å²) in [4.78, 5) is 6.18. The molecule has 0 aromatic carbocycles. The molecule has 172 valence electrons. The van der Waals surface area contributed by atoms with Crippen molar-refractivity contribution in [2.24, 2.45) is 0 Å². The highest BCUT2D eigenvalue weighted by atomic mass is 32.1. The summed E-state index contributed by atoms with van der Waals surface area (Å²) in [6.07, 6.45) is 5.07. The van der Waals surface area contributed by atoms with E-state index >= 15 is 0 Å². The zero-order chi connectivity index (χ0) is 23.8. The van der Waals surface area contributed by atoms with Crippen molar-refractivity contribution in [3.63, 3.8) is 0 Å². The van der Waals surface area contributed by atoms with Gasteiger partial charge in [-0.3, -0.25) is 4.40 Å². The summed E-state index contributed by atoms with van der Waals surface area (Å²) in [5.41, 5.74) is 3.43. The smallest absolute Gasteiger partial charge is 0.201 e. The van der Waals surface area contributed by atoms with Gasteiger partial charge in [-0.15, -0.1) is 15.3 Å². The van der Waals surface area contributed by atoms with E-state index in [2.05, 4.69) is 37.8 Å². The Morgan fingerprint density at radius 2 is 1.94 bits per heavy atom. The van der Waals surface area contributed by atoms with Crippen LogP contribution in [0.4, 0.5) is 0 Å². The fraction of sp³-hybridized carbons (Fsp3) is 0.409. The molecule has 5 heterocycles. The van der Waals surface area contributed by atoms with Gasteiger partial charge in [0.15, 0.2) is 17.3 Å². The number of ether oxygens (including phenoxy) is 1. The van der Waals surface area contributed by atoms with Crippen molar-refractivity contribution in [1.29, 1.82) is 10.5 Å². The fourth-order valence-electron chi connectivity index (χ4n) is 4.25. The van der Waals surface area contributed by atoms with Crippen molar-refractivity contribution in [2.75, 3.05) is 13.1 Å². The average molecular weight is 475 g/mol. The molecule has 1 saturated heterocycles. The molecule has 0 amide bonds. The van der Waals surface area contributed by atoms with E-state index in [9.17, 15) is 5.26 Å². The number of pyridine rings is 1. The van der Waals surface area contributed by atoms with E-state index < -0.39 is 0 Å². The second-order valence-corrected chi connectivity index (χ2v) is 9.45. The van der Waals surface area contributed by atoms with E-state index in [1.54, 1.807) is 9.30 Å². The van der Waals surface area contributed by atoms with E-state index in [0.29, 0.717) is 30.3 Å². The number of fused-ring (bicyclic) bond motifs is 1. The van der Waals surface area contributed by atoms with Gasteiger partial charge in [-0.1, -0.05) is 16.6 Å². The molecule has 1 atom stereocenters. The Balaban J connectivity index is 1.52. The molecule has 0 aliphatic carbocycles. The third kappa shape index (κ3) is 3.82. The molecule has 1 unspecified atom stereocenters. The quantitative estimate of drug-likeness (QED) is 0.400. The van der Waals surface area contributed by atoms with Gasteiger partial charge in [0.2, 0.25) is 5.88 Å². The Hall–Kier alpha value is -4.03. The SMILES string of the molecule is Cc1nnc(C(C)Oc2cc(-c3nnn(C4CCN(C#N)CC4)c3C)cc3ncc(C#N)n23)s1. The van der Waals surface area contributed by atoms with Gasteiger partial charge in [-0.05, 0) is 39.7 Å². The molecule has 12 heteroatoms. The third-order valence-corrected chi connectivity index (χ3v) is 7.03. The maximum Gasteiger partial charge on any atom is 0.201 e. The van der Waals surface area contributed by atoms with Crippen molar-refractivity contribution in [3.8, 4) is 29.4 Å². The van der Waals surface area contributed by atoms with E-state index in [1.165, 1.54) is 17.5 Å². The van der Waals surface area contributed by atoms with Gasteiger partial charge in [0, 0.05) is 24.7 Å².